The maximum atomic E-state index is 12.1. The number of aliphatic hydroxyl groups is 1. The summed E-state index contributed by atoms with van der Waals surface area (Å²) in [5.74, 6) is -3.02. The van der Waals surface area contributed by atoms with Gasteiger partial charge in [-0.25, -0.2) is 4.98 Å². The standard InChI is InChI=1S/C27H28ClIN2O10/c1-13(32)37-12-21(29)23(38-14(2)33)24(39-15(3)34)25(40-16(4)35)27(36)41-22-6-5-17(10-20(22)28)19-9-18-7-8-30-26(18)31-11-19/h5-11,21,23-25,27,36H,12H2,1-4H3,(H,30,31)/t21?,23-,24?,25?,27-/m1/s1. The Hall–Kier alpha value is -3.43. The van der Waals surface area contributed by atoms with Gasteiger partial charge in [-0.1, -0.05) is 40.3 Å². The van der Waals surface area contributed by atoms with Gasteiger partial charge in [0.25, 0.3) is 0 Å². The van der Waals surface area contributed by atoms with Crippen LogP contribution in [-0.2, 0) is 38.1 Å². The Morgan fingerprint density at radius 3 is 2.15 bits per heavy atom. The summed E-state index contributed by atoms with van der Waals surface area (Å²) in [4.78, 5) is 54.8. The van der Waals surface area contributed by atoms with Gasteiger partial charge in [0.05, 0.1) is 8.95 Å². The number of nitrogens with zero attached hydrogens (tertiary/aromatic N) is 1. The predicted octanol–water partition coefficient (Wildman–Crippen LogP) is 3.74. The molecular weight excluding hydrogens is 675 g/mol. The maximum absolute atomic E-state index is 12.1. The Bertz CT molecular complexity index is 1410. The number of carbonyl (C=O) groups excluding carboxylic acids is 4. The van der Waals surface area contributed by atoms with Crippen LogP contribution < -0.4 is 4.74 Å². The highest BCUT2D eigenvalue weighted by Crippen LogP contribution is 2.33. The fourth-order valence-corrected chi connectivity index (χ4v) is 4.85. The Kier molecular flexibility index (Phi) is 11.3. The summed E-state index contributed by atoms with van der Waals surface area (Å²) in [5, 5.41) is 12.1. The van der Waals surface area contributed by atoms with E-state index in [2.05, 4.69) is 9.97 Å². The molecule has 41 heavy (non-hydrogen) atoms. The molecule has 0 spiro atoms. The zero-order chi connectivity index (χ0) is 30.3. The molecule has 0 fully saturated rings. The number of halogens is 2. The SMILES string of the molecule is CC(=O)OCC(I)[C@@H](OC(C)=O)C(OC(C)=O)C(OC(C)=O)[C@H](O)Oc1ccc(-c2cnc3[nH]ccc3c2)cc1Cl. The van der Waals surface area contributed by atoms with Crippen molar-refractivity contribution in [2.75, 3.05) is 6.61 Å². The van der Waals surface area contributed by atoms with Gasteiger partial charge in [0.2, 0.25) is 12.4 Å². The monoisotopic (exact) mass is 702 g/mol. The number of aromatic nitrogens is 2. The highest BCUT2D eigenvalue weighted by molar-refractivity contribution is 14.1. The van der Waals surface area contributed by atoms with E-state index in [0.29, 0.717) is 0 Å². The highest BCUT2D eigenvalue weighted by Gasteiger charge is 2.45. The van der Waals surface area contributed by atoms with Crippen LogP contribution in [0.5, 0.6) is 5.75 Å². The number of H-pyrrole nitrogens is 1. The molecule has 0 bridgehead atoms. The van der Waals surface area contributed by atoms with Gasteiger partial charge in [-0.05, 0) is 29.8 Å². The molecule has 0 saturated carbocycles. The molecule has 0 aliphatic heterocycles. The normalized spacial score (nSPS) is 14.7. The second-order valence-electron chi connectivity index (χ2n) is 8.83. The number of benzene rings is 1. The van der Waals surface area contributed by atoms with Gasteiger partial charge < -0.3 is 33.8 Å². The summed E-state index contributed by atoms with van der Waals surface area (Å²) in [5.41, 5.74) is 2.23. The number of nitrogens with one attached hydrogen (secondary N) is 1. The van der Waals surface area contributed by atoms with E-state index in [0.717, 1.165) is 42.9 Å². The number of ether oxygens (including phenoxy) is 5. The third-order valence-electron chi connectivity index (χ3n) is 5.55. The lowest BCUT2D eigenvalue weighted by molar-refractivity contribution is -0.211. The van der Waals surface area contributed by atoms with Gasteiger partial charge in [-0.15, -0.1) is 0 Å². The summed E-state index contributed by atoms with van der Waals surface area (Å²) in [7, 11) is 0. The minimum atomic E-state index is -1.94. The largest absolute Gasteiger partial charge is 0.465 e. The zero-order valence-electron chi connectivity index (χ0n) is 22.5. The Morgan fingerprint density at radius 1 is 0.902 bits per heavy atom. The average molecular weight is 703 g/mol. The van der Waals surface area contributed by atoms with Crippen molar-refractivity contribution in [3.8, 4) is 16.9 Å². The number of hydrogen-bond donors (Lipinski definition) is 2. The van der Waals surface area contributed by atoms with Crippen LogP contribution in [-0.4, -0.2) is 74.1 Å². The molecule has 3 aromatic rings. The van der Waals surface area contributed by atoms with Gasteiger partial charge in [-0.3, -0.25) is 19.2 Å². The number of fused-ring (bicyclic) bond motifs is 1. The summed E-state index contributed by atoms with van der Waals surface area (Å²) in [6.45, 7) is 4.22. The first-order valence-electron chi connectivity index (χ1n) is 12.2. The predicted molar refractivity (Wildman–Crippen MR) is 154 cm³/mol. The lowest BCUT2D eigenvalue weighted by atomic mass is 10.0. The topological polar surface area (TPSA) is 163 Å². The molecule has 1 aromatic carbocycles. The van der Waals surface area contributed by atoms with E-state index in [4.69, 9.17) is 35.3 Å². The van der Waals surface area contributed by atoms with Gasteiger partial charge in [0.15, 0.2) is 12.2 Å². The summed E-state index contributed by atoms with van der Waals surface area (Å²) >= 11 is 8.30. The molecule has 0 aliphatic carbocycles. The van der Waals surface area contributed by atoms with Crippen LogP contribution in [0.1, 0.15) is 27.7 Å². The second-order valence-corrected chi connectivity index (χ2v) is 10.8. The summed E-state index contributed by atoms with van der Waals surface area (Å²) < 4.78 is 25.9. The number of esters is 4. The molecule has 2 aromatic heterocycles. The van der Waals surface area contributed by atoms with Crippen LogP contribution in [0.25, 0.3) is 22.2 Å². The number of pyridine rings is 1. The molecular formula is C27H28ClIN2O10. The molecule has 2 N–H and O–H groups in total. The zero-order valence-corrected chi connectivity index (χ0v) is 25.4. The molecule has 3 rings (SSSR count). The van der Waals surface area contributed by atoms with Crippen molar-refractivity contribution in [3.63, 3.8) is 0 Å². The van der Waals surface area contributed by atoms with Gasteiger partial charge in [-0.2, -0.15) is 0 Å². The molecule has 0 aliphatic rings. The van der Waals surface area contributed by atoms with Crippen LogP contribution in [0.3, 0.4) is 0 Å². The third kappa shape index (κ3) is 9.03. The van der Waals surface area contributed by atoms with E-state index in [-0.39, 0.29) is 17.4 Å². The first-order chi connectivity index (χ1) is 19.3. The Labute approximate surface area is 253 Å². The van der Waals surface area contributed by atoms with E-state index in [1.807, 2.05) is 34.7 Å². The van der Waals surface area contributed by atoms with E-state index in [1.54, 1.807) is 24.5 Å². The summed E-state index contributed by atoms with van der Waals surface area (Å²) in [6.07, 6.45) is -3.08. The van der Waals surface area contributed by atoms with Crippen LogP contribution in [0.15, 0.2) is 42.7 Å². The maximum Gasteiger partial charge on any atom is 0.303 e. The Balaban J connectivity index is 1.92. The molecule has 0 amide bonds. The van der Waals surface area contributed by atoms with Crippen molar-refractivity contribution in [2.45, 2.75) is 56.2 Å². The average Bonchev–Trinajstić information content (AvgIpc) is 3.36. The van der Waals surface area contributed by atoms with Crippen LogP contribution in [0.4, 0.5) is 0 Å². The highest BCUT2D eigenvalue weighted by atomic mass is 127. The number of aliphatic hydroxyl groups excluding tert-OH is 1. The van der Waals surface area contributed by atoms with Gasteiger partial charge in [0.1, 0.15) is 18.0 Å². The Morgan fingerprint density at radius 2 is 1.54 bits per heavy atom. The summed E-state index contributed by atoms with van der Waals surface area (Å²) in [6, 6.07) is 8.59. The van der Waals surface area contributed by atoms with Crippen LogP contribution in [0.2, 0.25) is 5.02 Å². The number of aromatic amines is 1. The van der Waals surface area contributed by atoms with E-state index in [1.165, 1.54) is 13.0 Å². The van der Waals surface area contributed by atoms with Crippen molar-refractivity contribution in [2.24, 2.45) is 0 Å². The lowest BCUT2D eigenvalue weighted by Gasteiger charge is -2.35. The molecule has 14 heteroatoms. The smallest absolute Gasteiger partial charge is 0.303 e. The first-order valence-corrected chi connectivity index (χ1v) is 13.8. The number of rotatable bonds is 12. The number of carbonyl (C=O) groups is 4. The molecule has 12 nitrogen and oxygen atoms in total. The van der Waals surface area contributed by atoms with Crippen molar-refractivity contribution in [1.82, 2.24) is 9.97 Å². The minimum Gasteiger partial charge on any atom is -0.465 e. The van der Waals surface area contributed by atoms with Gasteiger partial charge >= 0.3 is 23.9 Å². The van der Waals surface area contributed by atoms with Crippen molar-refractivity contribution in [1.29, 1.82) is 0 Å². The second kappa shape index (κ2) is 14.5. The van der Waals surface area contributed by atoms with Crippen molar-refractivity contribution in [3.05, 3.63) is 47.7 Å². The number of alkyl halides is 1. The molecule has 220 valence electrons. The van der Waals surface area contributed by atoms with Crippen LogP contribution >= 0.6 is 34.2 Å². The third-order valence-corrected chi connectivity index (χ3v) is 6.91. The fraction of sp³-hybridized carbons (Fsp3) is 0.370. The van der Waals surface area contributed by atoms with E-state index < -0.39 is 52.4 Å². The lowest BCUT2D eigenvalue weighted by Crippen LogP contribution is -2.55. The van der Waals surface area contributed by atoms with E-state index >= 15 is 0 Å². The quantitative estimate of drug-likeness (QED) is 0.0930. The van der Waals surface area contributed by atoms with Gasteiger partial charge in [0, 0.05) is 51.0 Å². The van der Waals surface area contributed by atoms with Crippen LogP contribution in [0, 0.1) is 0 Å². The minimum absolute atomic E-state index is 0.0206. The fourth-order valence-electron chi connectivity index (χ4n) is 3.89. The molecule has 2 heterocycles. The van der Waals surface area contributed by atoms with Crippen molar-refractivity contribution < 1.29 is 48.0 Å². The first kappa shape index (κ1) is 32.1. The number of hydrogen-bond acceptors (Lipinski definition) is 11. The molecule has 3 unspecified atom stereocenters. The molecule has 0 saturated heterocycles. The molecule has 5 atom stereocenters. The van der Waals surface area contributed by atoms with Crippen molar-refractivity contribution >= 4 is 69.1 Å². The van der Waals surface area contributed by atoms with E-state index in [9.17, 15) is 24.3 Å². The molecule has 0 radical (unpaired) electrons.